The van der Waals surface area contributed by atoms with E-state index in [1.807, 2.05) is 36.4 Å². The Morgan fingerprint density at radius 3 is 2.45 bits per heavy atom. The Balaban J connectivity index is 1.87. The fourth-order valence-electron chi connectivity index (χ4n) is 2.01. The van der Waals surface area contributed by atoms with Crippen LogP contribution in [0.1, 0.15) is 10.4 Å². The molecule has 3 rings (SSSR count). The summed E-state index contributed by atoms with van der Waals surface area (Å²) in [5.41, 5.74) is 0.436. The van der Waals surface area contributed by atoms with Crippen molar-refractivity contribution in [2.45, 2.75) is 0 Å². The number of benzene rings is 3. The molecule has 0 radical (unpaired) electrons. The fourth-order valence-corrected chi connectivity index (χ4v) is 2.20. The Hall–Kier alpha value is -2.32. The van der Waals surface area contributed by atoms with Crippen molar-refractivity contribution in [3.8, 4) is 5.75 Å². The SMILES string of the molecule is O=C(Oc1ccc2ccccc2c1)c1cccc(Cl)c1. The van der Waals surface area contributed by atoms with E-state index in [0.717, 1.165) is 10.8 Å². The molecule has 0 fully saturated rings. The van der Waals surface area contributed by atoms with Crippen LogP contribution >= 0.6 is 11.6 Å². The Morgan fingerprint density at radius 1 is 0.850 bits per heavy atom. The van der Waals surface area contributed by atoms with Crippen molar-refractivity contribution in [1.29, 1.82) is 0 Å². The second kappa shape index (κ2) is 5.35. The normalized spacial score (nSPS) is 10.4. The molecule has 98 valence electrons. The topological polar surface area (TPSA) is 26.3 Å². The zero-order valence-corrected chi connectivity index (χ0v) is 11.3. The summed E-state index contributed by atoms with van der Waals surface area (Å²) in [6.45, 7) is 0. The maximum absolute atomic E-state index is 12.0. The Bertz CT molecular complexity index is 781. The van der Waals surface area contributed by atoms with Crippen molar-refractivity contribution in [2.75, 3.05) is 0 Å². The minimum Gasteiger partial charge on any atom is -0.423 e. The smallest absolute Gasteiger partial charge is 0.343 e. The highest BCUT2D eigenvalue weighted by atomic mass is 35.5. The molecule has 0 saturated heterocycles. The minimum atomic E-state index is -0.414. The highest BCUT2D eigenvalue weighted by Gasteiger charge is 2.09. The molecule has 0 heterocycles. The van der Waals surface area contributed by atoms with Crippen molar-refractivity contribution in [1.82, 2.24) is 0 Å². The van der Waals surface area contributed by atoms with Gasteiger partial charge in [0.25, 0.3) is 0 Å². The summed E-state index contributed by atoms with van der Waals surface area (Å²) in [6.07, 6.45) is 0. The molecule has 0 aliphatic heterocycles. The number of rotatable bonds is 2. The second-order valence-corrected chi connectivity index (χ2v) is 4.85. The molecule has 3 heteroatoms. The molecule has 0 aromatic heterocycles. The molecule has 0 saturated carbocycles. The van der Waals surface area contributed by atoms with Gasteiger partial charge >= 0.3 is 5.97 Å². The van der Waals surface area contributed by atoms with E-state index in [0.29, 0.717) is 16.3 Å². The van der Waals surface area contributed by atoms with E-state index in [2.05, 4.69) is 0 Å². The highest BCUT2D eigenvalue weighted by Crippen LogP contribution is 2.21. The number of carbonyl (C=O) groups is 1. The quantitative estimate of drug-likeness (QED) is 0.502. The van der Waals surface area contributed by atoms with Crippen LogP contribution in [0.4, 0.5) is 0 Å². The van der Waals surface area contributed by atoms with Crippen molar-refractivity contribution in [3.05, 3.63) is 77.3 Å². The van der Waals surface area contributed by atoms with Gasteiger partial charge < -0.3 is 4.74 Å². The number of hydrogen-bond donors (Lipinski definition) is 0. The predicted molar refractivity (Wildman–Crippen MR) is 80.4 cm³/mol. The van der Waals surface area contributed by atoms with Gasteiger partial charge in [-0.05, 0) is 41.1 Å². The molecule has 0 unspecified atom stereocenters. The molecule has 3 aromatic carbocycles. The first-order valence-electron chi connectivity index (χ1n) is 6.19. The van der Waals surface area contributed by atoms with E-state index in [-0.39, 0.29) is 0 Å². The van der Waals surface area contributed by atoms with E-state index in [1.165, 1.54) is 0 Å². The zero-order valence-electron chi connectivity index (χ0n) is 10.5. The van der Waals surface area contributed by atoms with Gasteiger partial charge in [0, 0.05) is 5.02 Å². The third kappa shape index (κ3) is 2.65. The van der Waals surface area contributed by atoms with Gasteiger partial charge in [-0.15, -0.1) is 0 Å². The Kier molecular flexibility index (Phi) is 3.40. The molecular weight excluding hydrogens is 272 g/mol. The summed E-state index contributed by atoms with van der Waals surface area (Å²) in [7, 11) is 0. The van der Waals surface area contributed by atoms with Crippen LogP contribution in [0.2, 0.25) is 5.02 Å². The summed E-state index contributed by atoms with van der Waals surface area (Å²) >= 11 is 5.86. The van der Waals surface area contributed by atoms with Crippen LogP contribution < -0.4 is 4.74 Å². The molecule has 0 N–H and O–H groups in total. The van der Waals surface area contributed by atoms with Gasteiger partial charge in [-0.3, -0.25) is 0 Å². The van der Waals surface area contributed by atoms with Gasteiger partial charge in [-0.2, -0.15) is 0 Å². The number of hydrogen-bond acceptors (Lipinski definition) is 2. The summed E-state index contributed by atoms with van der Waals surface area (Å²) in [5, 5.41) is 2.65. The van der Waals surface area contributed by atoms with E-state index in [1.54, 1.807) is 30.3 Å². The van der Waals surface area contributed by atoms with Crippen LogP contribution in [0.15, 0.2) is 66.7 Å². The van der Waals surface area contributed by atoms with Crippen LogP contribution in [-0.2, 0) is 0 Å². The standard InChI is InChI=1S/C17H11ClO2/c18-15-7-3-6-14(10-15)17(19)20-16-9-8-12-4-1-2-5-13(12)11-16/h1-11H. The number of carbonyl (C=O) groups excluding carboxylic acids is 1. The number of esters is 1. The summed E-state index contributed by atoms with van der Waals surface area (Å²) in [6, 6.07) is 20.2. The molecule has 0 spiro atoms. The first-order valence-corrected chi connectivity index (χ1v) is 6.57. The third-order valence-corrected chi connectivity index (χ3v) is 3.23. The van der Waals surface area contributed by atoms with E-state index < -0.39 is 5.97 Å². The number of fused-ring (bicyclic) bond motifs is 1. The predicted octanol–water partition coefficient (Wildman–Crippen LogP) is 4.71. The van der Waals surface area contributed by atoms with Crippen LogP contribution in [0, 0.1) is 0 Å². The molecule has 3 aromatic rings. The molecule has 0 atom stereocenters. The molecule has 2 nitrogen and oxygen atoms in total. The maximum Gasteiger partial charge on any atom is 0.343 e. The van der Waals surface area contributed by atoms with Gasteiger partial charge in [-0.1, -0.05) is 48.0 Å². The average Bonchev–Trinajstić information content (AvgIpc) is 2.47. The zero-order chi connectivity index (χ0) is 13.9. The first-order chi connectivity index (χ1) is 9.72. The van der Waals surface area contributed by atoms with E-state index >= 15 is 0 Å². The van der Waals surface area contributed by atoms with Crippen LogP contribution in [-0.4, -0.2) is 5.97 Å². The van der Waals surface area contributed by atoms with Crippen LogP contribution in [0.5, 0.6) is 5.75 Å². The summed E-state index contributed by atoms with van der Waals surface area (Å²) in [5.74, 6) is 0.108. The molecule has 20 heavy (non-hydrogen) atoms. The monoisotopic (exact) mass is 282 g/mol. The van der Waals surface area contributed by atoms with E-state index in [9.17, 15) is 4.79 Å². The molecular formula is C17H11ClO2. The van der Waals surface area contributed by atoms with Crippen LogP contribution in [0.25, 0.3) is 10.8 Å². The highest BCUT2D eigenvalue weighted by molar-refractivity contribution is 6.30. The minimum absolute atomic E-state index is 0.414. The summed E-state index contributed by atoms with van der Waals surface area (Å²) in [4.78, 5) is 12.0. The maximum atomic E-state index is 12.0. The van der Waals surface area contributed by atoms with Gasteiger partial charge in [0.2, 0.25) is 0 Å². The lowest BCUT2D eigenvalue weighted by molar-refractivity contribution is 0.0735. The summed E-state index contributed by atoms with van der Waals surface area (Å²) < 4.78 is 5.37. The molecule has 0 bridgehead atoms. The Labute approximate surface area is 121 Å². The second-order valence-electron chi connectivity index (χ2n) is 4.41. The van der Waals surface area contributed by atoms with Gasteiger partial charge in [0.05, 0.1) is 5.56 Å². The third-order valence-electron chi connectivity index (χ3n) is 2.99. The van der Waals surface area contributed by atoms with Gasteiger partial charge in [0.1, 0.15) is 5.75 Å². The number of halogens is 1. The van der Waals surface area contributed by atoms with Gasteiger partial charge in [0.15, 0.2) is 0 Å². The average molecular weight is 283 g/mol. The molecule has 0 amide bonds. The lowest BCUT2D eigenvalue weighted by Crippen LogP contribution is -2.08. The van der Waals surface area contributed by atoms with Crippen molar-refractivity contribution in [2.24, 2.45) is 0 Å². The van der Waals surface area contributed by atoms with Crippen molar-refractivity contribution >= 4 is 28.3 Å². The van der Waals surface area contributed by atoms with Crippen molar-refractivity contribution < 1.29 is 9.53 Å². The van der Waals surface area contributed by atoms with Crippen molar-refractivity contribution in [3.63, 3.8) is 0 Å². The first kappa shape index (κ1) is 12.7. The lowest BCUT2D eigenvalue weighted by atomic mass is 10.1. The van der Waals surface area contributed by atoms with Crippen LogP contribution in [0.3, 0.4) is 0 Å². The molecule has 0 aliphatic carbocycles. The lowest BCUT2D eigenvalue weighted by Gasteiger charge is -2.06. The largest absolute Gasteiger partial charge is 0.423 e. The van der Waals surface area contributed by atoms with E-state index in [4.69, 9.17) is 16.3 Å². The Morgan fingerprint density at radius 2 is 1.65 bits per heavy atom. The fraction of sp³-hybridized carbons (Fsp3) is 0. The van der Waals surface area contributed by atoms with Gasteiger partial charge in [-0.25, -0.2) is 4.79 Å². The number of ether oxygens (including phenoxy) is 1. The molecule has 0 aliphatic rings.